The third-order valence-electron chi connectivity index (χ3n) is 3.78. The van der Waals surface area contributed by atoms with E-state index < -0.39 is 5.97 Å². The zero-order valence-corrected chi connectivity index (χ0v) is 10.1. The molecule has 96 valence electrons. The molecule has 1 saturated carbocycles. The van der Waals surface area contributed by atoms with Gasteiger partial charge in [0.1, 0.15) is 0 Å². The zero-order valence-electron chi connectivity index (χ0n) is 10.1. The number of hydrogen-bond donors (Lipinski definition) is 1. The predicted octanol–water partition coefficient (Wildman–Crippen LogP) is 0.735. The Morgan fingerprint density at radius 2 is 2.00 bits per heavy atom. The van der Waals surface area contributed by atoms with Crippen molar-refractivity contribution >= 4 is 11.9 Å². The maximum atomic E-state index is 12.3. The molecule has 1 unspecified atom stereocenters. The van der Waals surface area contributed by atoms with Gasteiger partial charge in [-0.25, -0.2) is 0 Å². The van der Waals surface area contributed by atoms with Crippen molar-refractivity contribution in [3.05, 3.63) is 0 Å². The molecule has 2 aliphatic rings. The molecule has 1 heterocycles. The first kappa shape index (κ1) is 12.4. The number of hydrogen-bond acceptors (Lipinski definition) is 3. The first-order chi connectivity index (χ1) is 8.09. The van der Waals surface area contributed by atoms with Crippen LogP contribution in [0, 0.1) is 11.8 Å². The second-order valence-electron chi connectivity index (χ2n) is 5.00. The molecule has 3 atom stereocenters. The number of carbonyl (C=O) groups excluding carboxylic acids is 1. The number of carboxylic acid groups (broad SMARTS) is 1. The van der Waals surface area contributed by atoms with E-state index in [1.165, 1.54) is 0 Å². The molecule has 1 N–H and O–H groups in total. The molecule has 1 aliphatic heterocycles. The molecule has 5 heteroatoms. The van der Waals surface area contributed by atoms with Crippen LogP contribution in [-0.4, -0.2) is 47.7 Å². The summed E-state index contributed by atoms with van der Waals surface area (Å²) in [6.07, 6.45) is 1.84. The molecule has 2 fully saturated rings. The van der Waals surface area contributed by atoms with Gasteiger partial charge >= 0.3 is 5.97 Å². The number of ether oxygens (including phenoxy) is 1. The Morgan fingerprint density at radius 3 is 2.59 bits per heavy atom. The Morgan fingerprint density at radius 1 is 1.29 bits per heavy atom. The van der Waals surface area contributed by atoms with Gasteiger partial charge in [-0.2, -0.15) is 0 Å². The summed E-state index contributed by atoms with van der Waals surface area (Å²) in [6.45, 7) is 3.78. The summed E-state index contributed by atoms with van der Waals surface area (Å²) in [5, 5.41) is 8.93. The van der Waals surface area contributed by atoms with Crippen LogP contribution < -0.4 is 0 Å². The molecule has 2 rings (SSSR count). The molecule has 0 radical (unpaired) electrons. The van der Waals surface area contributed by atoms with E-state index in [-0.39, 0.29) is 23.8 Å². The Balaban J connectivity index is 1.94. The van der Waals surface area contributed by atoms with Crippen molar-refractivity contribution in [1.82, 2.24) is 4.90 Å². The van der Waals surface area contributed by atoms with Crippen LogP contribution in [0.25, 0.3) is 0 Å². The summed E-state index contributed by atoms with van der Waals surface area (Å²) in [7, 11) is 0. The molecule has 0 aromatic carbocycles. The maximum Gasteiger partial charge on any atom is 0.306 e. The van der Waals surface area contributed by atoms with Gasteiger partial charge in [-0.15, -0.1) is 0 Å². The Kier molecular flexibility index (Phi) is 3.66. The molecule has 0 spiro atoms. The van der Waals surface area contributed by atoms with E-state index in [9.17, 15) is 9.59 Å². The molecule has 0 aromatic rings. The van der Waals surface area contributed by atoms with E-state index in [1.807, 2.05) is 11.8 Å². The standard InChI is InChI=1S/C12H19NO4/c1-8-7-17-5-4-13(8)11(14)9-2-3-10(6-9)12(15)16/h8-10H,2-7H2,1H3,(H,15,16)/t8?,9-,10+/m1/s1. The quantitative estimate of drug-likeness (QED) is 0.774. The first-order valence-corrected chi connectivity index (χ1v) is 6.20. The highest BCUT2D eigenvalue weighted by Crippen LogP contribution is 2.33. The van der Waals surface area contributed by atoms with E-state index in [0.717, 1.165) is 0 Å². The van der Waals surface area contributed by atoms with Gasteiger partial charge in [0.15, 0.2) is 0 Å². The van der Waals surface area contributed by atoms with Crippen LogP contribution in [0.5, 0.6) is 0 Å². The normalized spacial score (nSPS) is 33.7. The molecular formula is C12H19NO4. The predicted molar refractivity (Wildman–Crippen MR) is 60.5 cm³/mol. The van der Waals surface area contributed by atoms with Crippen LogP contribution in [0.4, 0.5) is 0 Å². The van der Waals surface area contributed by atoms with E-state index in [2.05, 4.69) is 0 Å². The molecule has 1 amide bonds. The topological polar surface area (TPSA) is 66.8 Å². The summed E-state index contributed by atoms with van der Waals surface area (Å²) in [6, 6.07) is 0.111. The fraction of sp³-hybridized carbons (Fsp3) is 0.833. The summed E-state index contributed by atoms with van der Waals surface area (Å²) in [4.78, 5) is 25.0. The summed E-state index contributed by atoms with van der Waals surface area (Å²) in [5.74, 6) is -1.09. The number of carbonyl (C=O) groups is 2. The van der Waals surface area contributed by atoms with Gasteiger partial charge in [-0.1, -0.05) is 0 Å². The molecule has 0 bridgehead atoms. The van der Waals surface area contributed by atoms with Crippen molar-refractivity contribution in [2.45, 2.75) is 32.2 Å². The summed E-state index contributed by atoms with van der Waals surface area (Å²) in [5.41, 5.74) is 0. The number of amides is 1. The number of carboxylic acids is 1. The van der Waals surface area contributed by atoms with Gasteiger partial charge in [0.2, 0.25) is 5.91 Å². The summed E-state index contributed by atoms with van der Waals surface area (Å²) >= 11 is 0. The monoisotopic (exact) mass is 241 g/mol. The molecule has 5 nitrogen and oxygen atoms in total. The van der Waals surface area contributed by atoms with Gasteiger partial charge in [-0.05, 0) is 26.2 Å². The molecule has 0 aromatic heterocycles. The fourth-order valence-electron chi connectivity index (χ4n) is 2.72. The molecule has 17 heavy (non-hydrogen) atoms. The SMILES string of the molecule is CC1COCCN1C(=O)[C@@H]1CC[C@H](C(=O)O)C1. The highest BCUT2D eigenvalue weighted by atomic mass is 16.5. The second kappa shape index (κ2) is 5.04. The van der Waals surface area contributed by atoms with Gasteiger partial charge in [0, 0.05) is 12.5 Å². The first-order valence-electron chi connectivity index (χ1n) is 6.20. The Bertz CT molecular complexity index is 318. The van der Waals surface area contributed by atoms with Gasteiger partial charge in [-0.3, -0.25) is 9.59 Å². The average molecular weight is 241 g/mol. The lowest BCUT2D eigenvalue weighted by Crippen LogP contribution is -2.49. The third-order valence-corrected chi connectivity index (χ3v) is 3.78. The smallest absolute Gasteiger partial charge is 0.306 e. The van der Waals surface area contributed by atoms with Crippen LogP contribution in [0.2, 0.25) is 0 Å². The lowest BCUT2D eigenvalue weighted by atomic mass is 10.0. The van der Waals surface area contributed by atoms with Crippen molar-refractivity contribution in [3.8, 4) is 0 Å². The average Bonchev–Trinajstić information content (AvgIpc) is 2.78. The number of nitrogens with zero attached hydrogens (tertiary/aromatic N) is 1. The van der Waals surface area contributed by atoms with Gasteiger partial charge in [0.25, 0.3) is 0 Å². The number of rotatable bonds is 2. The van der Waals surface area contributed by atoms with Crippen LogP contribution in [0.15, 0.2) is 0 Å². The van der Waals surface area contributed by atoms with Gasteiger partial charge < -0.3 is 14.7 Å². The van der Waals surface area contributed by atoms with Crippen molar-refractivity contribution < 1.29 is 19.4 Å². The fourth-order valence-corrected chi connectivity index (χ4v) is 2.72. The number of morpholine rings is 1. The van der Waals surface area contributed by atoms with E-state index in [0.29, 0.717) is 39.0 Å². The van der Waals surface area contributed by atoms with E-state index in [1.54, 1.807) is 0 Å². The minimum Gasteiger partial charge on any atom is -0.481 e. The van der Waals surface area contributed by atoms with Crippen LogP contribution in [-0.2, 0) is 14.3 Å². The molecule has 1 aliphatic carbocycles. The van der Waals surface area contributed by atoms with Crippen LogP contribution >= 0.6 is 0 Å². The van der Waals surface area contributed by atoms with E-state index in [4.69, 9.17) is 9.84 Å². The van der Waals surface area contributed by atoms with E-state index >= 15 is 0 Å². The Hall–Kier alpha value is -1.10. The molecule has 1 saturated heterocycles. The lowest BCUT2D eigenvalue weighted by Gasteiger charge is -2.35. The van der Waals surface area contributed by atoms with Crippen molar-refractivity contribution in [1.29, 1.82) is 0 Å². The minimum atomic E-state index is -0.768. The highest BCUT2D eigenvalue weighted by molar-refractivity contribution is 5.81. The molecular weight excluding hydrogens is 222 g/mol. The van der Waals surface area contributed by atoms with Crippen LogP contribution in [0.3, 0.4) is 0 Å². The van der Waals surface area contributed by atoms with Crippen molar-refractivity contribution in [2.75, 3.05) is 19.8 Å². The maximum absolute atomic E-state index is 12.3. The summed E-state index contributed by atoms with van der Waals surface area (Å²) < 4.78 is 5.30. The second-order valence-corrected chi connectivity index (χ2v) is 5.00. The van der Waals surface area contributed by atoms with Crippen molar-refractivity contribution in [3.63, 3.8) is 0 Å². The highest BCUT2D eigenvalue weighted by Gasteiger charge is 2.37. The largest absolute Gasteiger partial charge is 0.481 e. The van der Waals surface area contributed by atoms with Crippen LogP contribution in [0.1, 0.15) is 26.2 Å². The van der Waals surface area contributed by atoms with Crippen molar-refractivity contribution in [2.24, 2.45) is 11.8 Å². The lowest BCUT2D eigenvalue weighted by molar-refractivity contribution is -0.144. The van der Waals surface area contributed by atoms with Gasteiger partial charge in [0.05, 0.1) is 25.2 Å². The minimum absolute atomic E-state index is 0.100. The Labute approximate surface area is 101 Å². The zero-order chi connectivity index (χ0) is 12.4. The number of aliphatic carboxylic acids is 1. The third kappa shape index (κ3) is 2.60.